The van der Waals surface area contributed by atoms with Crippen molar-refractivity contribution in [2.24, 2.45) is 0 Å². The van der Waals surface area contributed by atoms with Crippen molar-refractivity contribution in [3.8, 4) is 5.75 Å². The Balaban J connectivity index is 2.18. The number of nitrogens with zero attached hydrogens (tertiary/aromatic N) is 1. The second kappa shape index (κ2) is 7.92. The zero-order valence-corrected chi connectivity index (χ0v) is 11.8. The fourth-order valence-electron chi connectivity index (χ4n) is 1.86. The molecule has 1 rings (SSSR count). The van der Waals surface area contributed by atoms with Gasteiger partial charge in [0.05, 0.1) is 33.9 Å². The normalized spacial score (nSPS) is 11.3. The van der Waals surface area contributed by atoms with E-state index in [2.05, 4.69) is 14.1 Å². The smallest absolute Gasteiger partial charge is 0.150 e. The van der Waals surface area contributed by atoms with Crippen LogP contribution in [0.4, 0.5) is 0 Å². The number of quaternary nitrogens is 1. The summed E-state index contributed by atoms with van der Waals surface area (Å²) >= 11 is 0. The number of ether oxygens (including phenoxy) is 1. The fraction of sp³-hybridized carbons (Fsp3) is 0.533. The first-order chi connectivity index (χ1) is 9.07. The summed E-state index contributed by atoms with van der Waals surface area (Å²) in [5, 5.41) is 8.93. The molecule has 4 heteroatoms. The molecule has 0 aromatic heterocycles. The minimum Gasteiger partial charge on any atom is -0.494 e. The van der Waals surface area contributed by atoms with E-state index in [4.69, 9.17) is 9.84 Å². The average molecular weight is 266 g/mol. The van der Waals surface area contributed by atoms with Crippen molar-refractivity contribution in [2.75, 3.05) is 40.4 Å². The number of hydrogen-bond donors (Lipinski definition) is 1. The van der Waals surface area contributed by atoms with Crippen LogP contribution in [0.1, 0.15) is 23.2 Å². The monoisotopic (exact) mass is 266 g/mol. The first kappa shape index (κ1) is 15.7. The zero-order chi connectivity index (χ0) is 14.1. The van der Waals surface area contributed by atoms with Crippen LogP contribution in [0, 0.1) is 0 Å². The van der Waals surface area contributed by atoms with Gasteiger partial charge >= 0.3 is 0 Å². The van der Waals surface area contributed by atoms with E-state index < -0.39 is 0 Å². The SMILES string of the molecule is C[N+](C)(CCO)CCCCOc1ccc(C=O)cc1. The van der Waals surface area contributed by atoms with Crippen molar-refractivity contribution < 1.29 is 19.1 Å². The third-order valence-electron chi connectivity index (χ3n) is 3.15. The topological polar surface area (TPSA) is 46.5 Å². The van der Waals surface area contributed by atoms with Crippen molar-refractivity contribution in [2.45, 2.75) is 12.8 Å². The van der Waals surface area contributed by atoms with E-state index in [-0.39, 0.29) is 6.61 Å². The molecule has 19 heavy (non-hydrogen) atoms. The van der Waals surface area contributed by atoms with Crippen LogP contribution in [0.25, 0.3) is 0 Å². The van der Waals surface area contributed by atoms with Crippen LogP contribution in [0.3, 0.4) is 0 Å². The molecular weight excluding hydrogens is 242 g/mol. The molecule has 1 aromatic rings. The quantitative estimate of drug-likeness (QED) is 0.420. The Morgan fingerprint density at radius 3 is 2.42 bits per heavy atom. The number of carbonyl (C=O) groups excluding carboxylic acids is 1. The van der Waals surface area contributed by atoms with Gasteiger partial charge in [0.1, 0.15) is 18.6 Å². The predicted molar refractivity (Wildman–Crippen MR) is 75.5 cm³/mol. The Hall–Kier alpha value is -1.39. The summed E-state index contributed by atoms with van der Waals surface area (Å²) in [6.07, 6.45) is 2.88. The average Bonchev–Trinajstić information content (AvgIpc) is 2.39. The highest BCUT2D eigenvalue weighted by atomic mass is 16.5. The minimum absolute atomic E-state index is 0.229. The lowest BCUT2D eigenvalue weighted by Gasteiger charge is -2.28. The Bertz CT molecular complexity index is 373. The van der Waals surface area contributed by atoms with E-state index in [9.17, 15) is 4.79 Å². The van der Waals surface area contributed by atoms with Gasteiger partial charge in [-0.25, -0.2) is 0 Å². The number of benzene rings is 1. The summed E-state index contributed by atoms with van der Waals surface area (Å²) in [5.41, 5.74) is 0.662. The van der Waals surface area contributed by atoms with E-state index >= 15 is 0 Å². The van der Waals surface area contributed by atoms with Gasteiger partial charge in [0.15, 0.2) is 0 Å². The predicted octanol–water partition coefficient (Wildman–Crippen LogP) is 1.73. The van der Waals surface area contributed by atoms with Gasteiger partial charge in [-0.1, -0.05) is 0 Å². The molecule has 0 bridgehead atoms. The summed E-state index contributed by atoms with van der Waals surface area (Å²) in [5.74, 6) is 0.801. The molecular formula is C15H24NO3+. The summed E-state index contributed by atoms with van der Waals surface area (Å²) in [7, 11) is 4.24. The molecule has 0 unspecified atom stereocenters. The maximum Gasteiger partial charge on any atom is 0.150 e. The molecule has 0 radical (unpaired) electrons. The summed E-state index contributed by atoms with van der Waals surface area (Å²) in [6, 6.07) is 7.14. The molecule has 0 atom stereocenters. The molecule has 0 heterocycles. The summed E-state index contributed by atoms with van der Waals surface area (Å²) in [6.45, 7) is 2.73. The van der Waals surface area contributed by atoms with Crippen LogP contribution in [-0.2, 0) is 0 Å². The van der Waals surface area contributed by atoms with Crippen LogP contribution in [-0.4, -0.2) is 56.3 Å². The lowest BCUT2D eigenvalue weighted by Crippen LogP contribution is -2.42. The first-order valence-electron chi connectivity index (χ1n) is 6.68. The van der Waals surface area contributed by atoms with Crippen molar-refractivity contribution in [3.63, 3.8) is 0 Å². The van der Waals surface area contributed by atoms with Crippen LogP contribution in [0.15, 0.2) is 24.3 Å². The molecule has 0 aliphatic carbocycles. The van der Waals surface area contributed by atoms with Crippen molar-refractivity contribution in [1.82, 2.24) is 0 Å². The third-order valence-corrected chi connectivity index (χ3v) is 3.15. The van der Waals surface area contributed by atoms with Gasteiger partial charge in [-0.2, -0.15) is 0 Å². The molecule has 0 aliphatic rings. The molecule has 0 aliphatic heterocycles. The minimum atomic E-state index is 0.229. The van der Waals surface area contributed by atoms with Gasteiger partial charge < -0.3 is 14.3 Å². The van der Waals surface area contributed by atoms with E-state index in [0.717, 1.165) is 42.4 Å². The molecule has 0 fully saturated rings. The van der Waals surface area contributed by atoms with E-state index in [1.165, 1.54) is 0 Å². The lowest BCUT2D eigenvalue weighted by molar-refractivity contribution is -0.890. The summed E-state index contributed by atoms with van der Waals surface area (Å²) < 4.78 is 6.45. The van der Waals surface area contributed by atoms with Gasteiger partial charge in [-0.15, -0.1) is 0 Å². The Morgan fingerprint density at radius 1 is 1.16 bits per heavy atom. The lowest BCUT2D eigenvalue weighted by atomic mass is 10.2. The number of hydrogen-bond acceptors (Lipinski definition) is 3. The molecule has 0 saturated carbocycles. The molecule has 4 nitrogen and oxygen atoms in total. The number of carbonyl (C=O) groups is 1. The number of rotatable bonds is 9. The fourth-order valence-corrected chi connectivity index (χ4v) is 1.86. The Kier molecular flexibility index (Phi) is 6.53. The van der Waals surface area contributed by atoms with E-state index in [1.54, 1.807) is 12.1 Å². The second-order valence-electron chi connectivity index (χ2n) is 5.35. The molecule has 0 spiro atoms. The highest BCUT2D eigenvalue weighted by Gasteiger charge is 2.12. The van der Waals surface area contributed by atoms with Crippen LogP contribution >= 0.6 is 0 Å². The van der Waals surface area contributed by atoms with E-state index in [0.29, 0.717) is 12.2 Å². The highest BCUT2D eigenvalue weighted by Crippen LogP contribution is 2.11. The highest BCUT2D eigenvalue weighted by molar-refractivity contribution is 5.74. The largest absolute Gasteiger partial charge is 0.494 e. The maximum absolute atomic E-state index is 10.5. The number of likely N-dealkylation sites (N-methyl/N-ethyl adjacent to an activating group) is 1. The standard InChI is InChI=1S/C15H24NO3/c1-16(2,10-11-17)9-3-4-12-19-15-7-5-14(13-18)6-8-15/h5-8,13,17H,3-4,9-12H2,1-2H3/q+1. The number of aliphatic hydroxyl groups excluding tert-OH is 1. The van der Waals surface area contributed by atoms with Gasteiger partial charge in [-0.3, -0.25) is 4.79 Å². The van der Waals surface area contributed by atoms with E-state index in [1.807, 2.05) is 12.1 Å². The Morgan fingerprint density at radius 2 is 1.84 bits per heavy atom. The van der Waals surface area contributed by atoms with Crippen molar-refractivity contribution in [3.05, 3.63) is 29.8 Å². The maximum atomic E-state index is 10.5. The molecule has 1 N–H and O–H groups in total. The van der Waals surface area contributed by atoms with Crippen LogP contribution in [0.2, 0.25) is 0 Å². The van der Waals surface area contributed by atoms with Crippen LogP contribution < -0.4 is 4.74 Å². The Labute approximate surface area is 115 Å². The van der Waals surface area contributed by atoms with Gasteiger partial charge in [0.25, 0.3) is 0 Å². The molecule has 106 valence electrons. The second-order valence-corrected chi connectivity index (χ2v) is 5.35. The molecule has 0 amide bonds. The molecule has 1 aromatic carbocycles. The molecule has 0 saturated heterocycles. The zero-order valence-electron chi connectivity index (χ0n) is 11.8. The van der Waals surface area contributed by atoms with Crippen molar-refractivity contribution >= 4 is 6.29 Å². The number of unbranched alkanes of at least 4 members (excludes halogenated alkanes) is 1. The summed E-state index contributed by atoms with van der Waals surface area (Å²) in [4.78, 5) is 10.5. The van der Waals surface area contributed by atoms with Crippen LogP contribution in [0.5, 0.6) is 5.75 Å². The van der Waals surface area contributed by atoms with Gasteiger partial charge in [-0.05, 0) is 37.1 Å². The number of aldehydes is 1. The van der Waals surface area contributed by atoms with Gasteiger partial charge in [0, 0.05) is 5.56 Å². The number of aliphatic hydroxyl groups is 1. The van der Waals surface area contributed by atoms with Crippen molar-refractivity contribution in [1.29, 1.82) is 0 Å². The third kappa shape index (κ3) is 6.36. The first-order valence-corrected chi connectivity index (χ1v) is 6.68. The van der Waals surface area contributed by atoms with Gasteiger partial charge in [0.2, 0.25) is 0 Å².